The summed E-state index contributed by atoms with van der Waals surface area (Å²) in [7, 11) is 0. The van der Waals surface area contributed by atoms with Crippen molar-refractivity contribution in [3.8, 4) is 0 Å². The molecule has 3 aromatic rings. The Hall–Kier alpha value is -2.62. The molecule has 0 bridgehead atoms. The van der Waals surface area contributed by atoms with Crippen molar-refractivity contribution < 1.29 is 0 Å². The number of nitrogen functional groups attached to an aromatic ring is 1. The topological polar surface area (TPSA) is 63.8 Å². The number of rotatable bonds is 2. The molecule has 2 aromatic carbocycles. The Morgan fingerprint density at radius 1 is 0.900 bits per heavy atom. The first-order chi connectivity index (χ1) is 9.63. The van der Waals surface area contributed by atoms with Crippen molar-refractivity contribution in [2.75, 3.05) is 11.1 Å². The summed E-state index contributed by atoms with van der Waals surface area (Å²) in [5.74, 6) is 0.994. The molecule has 0 spiro atoms. The molecule has 4 heteroatoms. The number of aryl methyl sites for hydroxylation is 2. The highest BCUT2D eigenvalue weighted by atomic mass is 15.1. The average molecular weight is 264 g/mol. The first kappa shape index (κ1) is 12.4. The molecule has 0 saturated heterocycles. The third kappa shape index (κ3) is 2.28. The summed E-state index contributed by atoms with van der Waals surface area (Å²) in [4.78, 5) is 8.89. The van der Waals surface area contributed by atoms with Crippen LogP contribution in [0.25, 0.3) is 11.0 Å². The Balaban J connectivity index is 2.01. The molecule has 0 unspecified atom stereocenters. The highest BCUT2D eigenvalue weighted by molar-refractivity contribution is 5.80. The van der Waals surface area contributed by atoms with Crippen molar-refractivity contribution in [2.24, 2.45) is 0 Å². The van der Waals surface area contributed by atoms with E-state index in [4.69, 9.17) is 5.73 Å². The van der Waals surface area contributed by atoms with E-state index in [0.717, 1.165) is 16.7 Å². The van der Waals surface area contributed by atoms with Crippen LogP contribution in [0.2, 0.25) is 0 Å². The maximum absolute atomic E-state index is 5.97. The molecule has 0 aliphatic carbocycles. The van der Waals surface area contributed by atoms with Gasteiger partial charge in [-0.25, -0.2) is 9.97 Å². The highest BCUT2D eigenvalue weighted by Gasteiger charge is 2.06. The molecule has 0 atom stereocenters. The summed E-state index contributed by atoms with van der Waals surface area (Å²) in [6, 6.07) is 13.8. The predicted octanol–water partition coefficient (Wildman–Crippen LogP) is 3.57. The van der Waals surface area contributed by atoms with Crippen LogP contribution in [-0.2, 0) is 0 Å². The van der Waals surface area contributed by atoms with Crippen LogP contribution in [0.1, 0.15) is 11.1 Å². The lowest BCUT2D eigenvalue weighted by atomic mass is 10.1. The summed E-state index contributed by atoms with van der Waals surface area (Å²) < 4.78 is 0. The van der Waals surface area contributed by atoms with E-state index >= 15 is 0 Å². The van der Waals surface area contributed by atoms with E-state index in [2.05, 4.69) is 41.3 Å². The second-order valence-corrected chi connectivity index (χ2v) is 4.87. The summed E-state index contributed by atoms with van der Waals surface area (Å²) >= 11 is 0. The minimum atomic E-state index is 0.405. The lowest BCUT2D eigenvalue weighted by Crippen LogP contribution is -2.02. The van der Waals surface area contributed by atoms with Gasteiger partial charge in [-0.15, -0.1) is 0 Å². The van der Waals surface area contributed by atoms with Gasteiger partial charge < -0.3 is 11.1 Å². The lowest BCUT2D eigenvalue weighted by molar-refractivity contribution is 1.28. The Bertz CT molecular complexity index is 781. The van der Waals surface area contributed by atoms with Crippen molar-refractivity contribution in [2.45, 2.75) is 13.8 Å². The number of hydrogen-bond donors (Lipinski definition) is 2. The molecule has 0 aliphatic rings. The van der Waals surface area contributed by atoms with Crippen LogP contribution in [0.15, 0.2) is 42.5 Å². The maximum Gasteiger partial charge on any atom is 0.174 e. The molecule has 1 heterocycles. The van der Waals surface area contributed by atoms with E-state index in [1.54, 1.807) is 0 Å². The summed E-state index contributed by atoms with van der Waals surface area (Å²) in [5.41, 5.74) is 11.0. The summed E-state index contributed by atoms with van der Waals surface area (Å²) in [6.45, 7) is 4.17. The van der Waals surface area contributed by atoms with Gasteiger partial charge in [0.2, 0.25) is 0 Å². The summed E-state index contributed by atoms with van der Waals surface area (Å²) in [6.07, 6.45) is 0. The first-order valence-corrected chi connectivity index (χ1v) is 6.50. The fourth-order valence-corrected chi connectivity index (χ4v) is 2.06. The van der Waals surface area contributed by atoms with Crippen molar-refractivity contribution >= 4 is 28.4 Å². The van der Waals surface area contributed by atoms with Crippen LogP contribution >= 0.6 is 0 Å². The zero-order valence-corrected chi connectivity index (χ0v) is 11.5. The van der Waals surface area contributed by atoms with Crippen molar-refractivity contribution in [1.82, 2.24) is 9.97 Å². The second-order valence-electron chi connectivity index (χ2n) is 4.87. The van der Waals surface area contributed by atoms with E-state index in [0.29, 0.717) is 11.6 Å². The van der Waals surface area contributed by atoms with E-state index in [9.17, 15) is 0 Å². The molecule has 0 fully saturated rings. The standard InChI is InChI=1S/C16H16N4/c1-10-7-8-12(9-11(10)2)18-16-15(17)19-13-5-3-4-6-14(13)20-16/h3-9H,1-2H3,(H2,17,19)(H,18,20). The van der Waals surface area contributed by atoms with Gasteiger partial charge in [-0.3, -0.25) is 0 Å². The number of fused-ring (bicyclic) bond motifs is 1. The number of nitrogens with two attached hydrogens (primary N) is 1. The summed E-state index contributed by atoms with van der Waals surface area (Å²) in [5, 5.41) is 3.23. The fourth-order valence-electron chi connectivity index (χ4n) is 2.06. The maximum atomic E-state index is 5.97. The number of aromatic nitrogens is 2. The zero-order valence-electron chi connectivity index (χ0n) is 11.5. The SMILES string of the molecule is Cc1ccc(Nc2nc3ccccc3nc2N)cc1C. The molecule has 4 nitrogen and oxygen atoms in total. The molecule has 0 aliphatic heterocycles. The molecular formula is C16H16N4. The van der Waals surface area contributed by atoms with Crippen LogP contribution in [0.3, 0.4) is 0 Å². The van der Waals surface area contributed by atoms with Gasteiger partial charge in [0.1, 0.15) is 0 Å². The van der Waals surface area contributed by atoms with E-state index in [-0.39, 0.29) is 0 Å². The van der Waals surface area contributed by atoms with Crippen LogP contribution in [-0.4, -0.2) is 9.97 Å². The van der Waals surface area contributed by atoms with E-state index in [1.807, 2.05) is 30.3 Å². The average Bonchev–Trinajstić information content (AvgIpc) is 2.44. The van der Waals surface area contributed by atoms with Crippen molar-refractivity contribution in [3.05, 3.63) is 53.6 Å². The van der Waals surface area contributed by atoms with Gasteiger partial charge in [-0.1, -0.05) is 18.2 Å². The zero-order chi connectivity index (χ0) is 14.1. The molecule has 0 saturated carbocycles. The minimum Gasteiger partial charge on any atom is -0.381 e. The first-order valence-electron chi connectivity index (χ1n) is 6.50. The van der Waals surface area contributed by atoms with Gasteiger partial charge in [0.15, 0.2) is 11.6 Å². The number of nitrogens with one attached hydrogen (secondary N) is 1. The third-order valence-electron chi connectivity index (χ3n) is 3.37. The highest BCUT2D eigenvalue weighted by Crippen LogP contribution is 2.23. The molecule has 100 valence electrons. The largest absolute Gasteiger partial charge is 0.381 e. The van der Waals surface area contributed by atoms with Crippen LogP contribution in [0.5, 0.6) is 0 Å². The number of nitrogens with zero attached hydrogens (tertiary/aromatic N) is 2. The minimum absolute atomic E-state index is 0.405. The van der Waals surface area contributed by atoms with Gasteiger partial charge in [0.25, 0.3) is 0 Å². The predicted molar refractivity (Wildman–Crippen MR) is 83.1 cm³/mol. The molecule has 3 N–H and O–H groups in total. The Kier molecular flexibility index (Phi) is 2.99. The van der Waals surface area contributed by atoms with Gasteiger partial charge in [-0.05, 0) is 49.2 Å². The molecule has 0 amide bonds. The van der Waals surface area contributed by atoms with Gasteiger partial charge in [0.05, 0.1) is 11.0 Å². The number of para-hydroxylation sites is 2. The quantitative estimate of drug-likeness (QED) is 0.742. The normalized spacial score (nSPS) is 10.7. The third-order valence-corrected chi connectivity index (χ3v) is 3.37. The molecule has 0 radical (unpaired) electrons. The number of hydrogen-bond acceptors (Lipinski definition) is 4. The second kappa shape index (κ2) is 4.81. The van der Waals surface area contributed by atoms with Gasteiger partial charge in [-0.2, -0.15) is 0 Å². The van der Waals surface area contributed by atoms with Crippen molar-refractivity contribution in [1.29, 1.82) is 0 Å². The Labute approximate surface area is 117 Å². The van der Waals surface area contributed by atoms with Crippen LogP contribution < -0.4 is 11.1 Å². The molecular weight excluding hydrogens is 248 g/mol. The van der Waals surface area contributed by atoms with Gasteiger partial charge >= 0.3 is 0 Å². The Morgan fingerprint density at radius 3 is 2.30 bits per heavy atom. The van der Waals surface area contributed by atoms with Crippen LogP contribution in [0.4, 0.5) is 17.3 Å². The number of anilines is 3. The molecule has 1 aromatic heterocycles. The van der Waals surface area contributed by atoms with E-state index in [1.165, 1.54) is 11.1 Å². The number of benzene rings is 2. The molecule has 3 rings (SSSR count). The monoisotopic (exact) mass is 264 g/mol. The van der Waals surface area contributed by atoms with Gasteiger partial charge in [0, 0.05) is 5.69 Å². The Morgan fingerprint density at radius 2 is 1.60 bits per heavy atom. The smallest absolute Gasteiger partial charge is 0.174 e. The van der Waals surface area contributed by atoms with E-state index < -0.39 is 0 Å². The van der Waals surface area contributed by atoms with Crippen LogP contribution in [0, 0.1) is 13.8 Å². The molecule has 20 heavy (non-hydrogen) atoms. The fraction of sp³-hybridized carbons (Fsp3) is 0.125. The van der Waals surface area contributed by atoms with Crippen molar-refractivity contribution in [3.63, 3.8) is 0 Å². The lowest BCUT2D eigenvalue weighted by Gasteiger charge is -2.10.